The second-order valence-corrected chi connectivity index (χ2v) is 5.73. The summed E-state index contributed by atoms with van der Waals surface area (Å²) in [5.74, 6) is -0.294. The van der Waals surface area contributed by atoms with Gasteiger partial charge in [-0.1, -0.05) is 11.3 Å². The van der Waals surface area contributed by atoms with Crippen LogP contribution in [0.25, 0.3) is 0 Å². The van der Waals surface area contributed by atoms with Crippen LogP contribution in [0.3, 0.4) is 0 Å². The lowest BCUT2D eigenvalue weighted by molar-refractivity contribution is 0.102. The molecule has 0 atom stereocenters. The first-order valence-electron chi connectivity index (χ1n) is 7.29. The molecular formula is C14H15BN4O3. The van der Waals surface area contributed by atoms with Crippen LogP contribution in [0.1, 0.15) is 40.6 Å². The van der Waals surface area contributed by atoms with Crippen molar-refractivity contribution in [3.8, 4) is 0 Å². The Hall–Kier alpha value is -2.19. The van der Waals surface area contributed by atoms with Crippen molar-refractivity contribution in [2.75, 3.05) is 5.32 Å². The number of rotatable bonds is 3. The second kappa shape index (κ2) is 4.93. The SMILES string of the molecule is Cc1c(C(=O)Nc2ccc3c(c2)B(O)OC3)nnn1C1CC1. The first-order chi connectivity index (χ1) is 10.6. The summed E-state index contributed by atoms with van der Waals surface area (Å²) in [7, 11) is -0.927. The van der Waals surface area contributed by atoms with Crippen LogP contribution in [0.15, 0.2) is 18.2 Å². The Morgan fingerprint density at radius 2 is 2.32 bits per heavy atom. The smallest absolute Gasteiger partial charge is 0.423 e. The molecule has 8 heteroatoms. The number of aromatic nitrogens is 3. The van der Waals surface area contributed by atoms with Gasteiger partial charge in [0.15, 0.2) is 5.69 Å². The molecule has 1 fully saturated rings. The van der Waals surface area contributed by atoms with E-state index in [0.29, 0.717) is 29.5 Å². The molecule has 1 aromatic heterocycles. The van der Waals surface area contributed by atoms with Crippen molar-refractivity contribution in [1.29, 1.82) is 0 Å². The van der Waals surface area contributed by atoms with E-state index in [0.717, 1.165) is 24.1 Å². The number of nitrogens with one attached hydrogen (secondary N) is 1. The van der Waals surface area contributed by atoms with Gasteiger partial charge in [-0.15, -0.1) is 5.10 Å². The molecule has 1 saturated carbocycles. The van der Waals surface area contributed by atoms with E-state index >= 15 is 0 Å². The van der Waals surface area contributed by atoms with Crippen molar-refractivity contribution >= 4 is 24.2 Å². The molecule has 2 aromatic rings. The van der Waals surface area contributed by atoms with Gasteiger partial charge >= 0.3 is 7.12 Å². The fraction of sp³-hybridized carbons (Fsp3) is 0.357. The third-order valence-electron chi connectivity index (χ3n) is 4.10. The monoisotopic (exact) mass is 298 g/mol. The molecule has 2 aliphatic rings. The number of carbonyl (C=O) groups excluding carboxylic acids is 1. The van der Waals surface area contributed by atoms with Crippen molar-refractivity contribution in [1.82, 2.24) is 15.0 Å². The molecular weight excluding hydrogens is 283 g/mol. The Balaban J connectivity index is 1.56. The molecule has 0 bridgehead atoms. The van der Waals surface area contributed by atoms with Gasteiger partial charge in [0.1, 0.15) is 0 Å². The van der Waals surface area contributed by atoms with Crippen LogP contribution in [0.5, 0.6) is 0 Å². The predicted molar refractivity (Wildman–Crippen MR) is 79.8 cm³/mol. The molecule has 2 heterocycles. The van der Waals surface area contributed by atoms with Crippen molar-refractivity contribution in [2.45, 2.75) is 32.4 Å². The van der Waals surface area contributed by atoms with Crippen LogP contribution in [-0.4, -0.2) is 33.0 Å². The largest absolute Gasteiger partial charge is 0.491 e. The lowest BCUT2D eigenvalue weighted by atomic mass is 9.79. The molecule has 1 aromatic carbocycles. The standard InChI is InChI=1S/C14H15BN4O3/c1-8-13(17-18-19(8)11-4-5-11)14(20)16-10-3-2-9-7-22-15(21)12(9)6-10/h2-3,6,11,21H,4-5,7H2,1H3,(H,16,20). The van der Waals surface area contributed by atoms with E-state index in [1.165, 1.54) is 0 Å². The van der Waals surface area contributed by atoms with Gasteiger partial charge in [0.05, 0.1) is 18.3 Å². The second-order valence-electron chi connectivity index (χ2n) is 5.73. The summed E-state index contributed by atoms with van der Waals surface area (Å²) in [5.41, 5.74) is 3.35. The predicted octanol–water partition coefficient (Wildman–Crippen LogP) is 0.391. The van der Waals surface area contributed by atoms with E-state index in [1.54, 1.807) is 12.1 Å². The summed E-state index contributed by atoms with van der Waals surface area (Å²) in [6.07, 6.45) is 2.18. The maximum absolute atomic E-state index is 12.4. The topological polar surface area (TPSA) is 89.3 Å². The molecule has 22 heavy (non-hydrogen) atoms. The van der Waals surface area contributed by atoms with Crippen molar-refractivity contribution in [3.63, 3.8) is 0 Å². The first kappa shape index (κ1) is 13.5. The number of amides is 1. The molecule has 0 unspecified atom stereocenters. The van der Waals surface area contributed by atoms with Gasteiger partial charge < -0.3 is 15.0 Å². The molecule has 7 nitrogen and oxygen atoms in total. The fourth-order valence-corrected chi connectivity index (χ4v) is 2.70. The average molecular weight is 298 g/mol. The molecule has 1 aliphatic carbocycles. The van der Waals surface area contributed by atoms with Crippen molar-refractivity contribution in [2.24, 2.45) is 0 Å². The van der Waals surface area contributed by atoms with Crippen LogP contribution in [0, 0.1) is 6.92 Å². The van der Waals surface area contributed by atoms with Gasteiger partial charge in [0, 0.05) is 5.69 Å². The quantitative estimate of drug-likeness (QED) is 0.800. The van der Waals surface area contributed by atoms with Gasteiger partial charge in [-0.2, -0.15) is 0 Å². The highest BCUT2D eigenvalue weighted by Crippen LogP contribution is 2.35. The highest BCUT2D eigenvalue weighted by molar-refractivity contribution is 6.61. The summed E-state index contributed by atoms with van der Waals surface area (Å²) in [5, 5.41) is 20.6. The number of hydrogen-bond donors (Lipinski definition) is 2. The minimum atomic E-state index is -0.927. The summed E-state index contributed by atoms with van der Waals surface area (Å²) in [6.45, 7) is 2.24. The van der Waals surface area contributed by atoms with Crippen LogP contribution >= 0.6 is 0 Å². The van der Waals surface area contributed by atoms with Crippen LogP contribution in [0.2, 0.25) is 0 Å². The summed E-state index contributed by atoms with van der Waals surface area (Å²) in [6, 6.07) is 5.75. The Kier molecular flexibility index (Phi) is 3.02. The normalized spacial score (nSPS) is 16.7. The number of nitrogens with zero attached hydrogens (tertiary/aromatic N) is 3. The number of hydrogen-bond acceptors (Lipinski definition) is 5. The third-order valence-corrected chi connectivity index (χ3v) is 4.10. The van der Waals surface area contributed by atoms with E-state index in [4.69, 9.17) is 4.65 Å². The maximum atomic E-state index is 12.4. The fourth-order valence-electron chi connectivity index (χ4n) is 2.70. The van der Waals surface area contributed by atoms with Crippen molar-refractivity contribution < 1.29 is 14.5 Å². The molecule has 1 aliphatic heterocycles. The number of fused-ring (bicyclic) bond motifs is 1. The van der Waals surface area contributed by atoms with Crippen LogP contribution < -0.4 is 10.8 Å². The minimum Gasteiger partial charge on any atom is -0.423 e. The molecule has 2 N–H and O–H groups in total. The Morgan fingerprint density at radius 3 is 3.09 bits per heavy atom. The average Bonchev–Trinajstić information content (AvgIpc) is 3.18. The summed E-state index contributed by atoms with van der Waals surface area (Å²) in [4.78, 5) is 12.4. The van der Waals surface area contributed by atoms with Gasteiger partial charge in [-0.05, 0) is 42.9 Å². The zero-order valence-electron chi connectivity index (χ0n) is 12.1. The lowest BCUT2D eigenvalue weighted by Crippen LogP contribution is -2.28. The van der Waals surface area contributed by atoms with Crippen LogP contribution in [0.4, 0.5) is 5.69 Å². The summed E-state index contributed by atoms with van der Waals surface area (Å²) < 4.78 is 6.96. The van der Waals surface area contributed by atoms with Gasteiger partial charge in [0.2, 0.25) is 0 Å². The van der Waals surface area contributed by atoms with E-state index < -0.39 is 7.12 Å². The van der Waals surface area contributed by atoms with Crippen molar-refractivity contribution in [3.05, 3.63) is 35.2 Å². The van der Waals surface area contributed by atoms with E-state index in [1.807, 2.05) is 17.7 Å². The lowest BCUT2D eigenvalue weighted by Gasteiger charge is -2.06. The van der Waals surface area contributed by atoms with Gasteiger partial charge in [-0.3, -0.25) is 4.79 Å². The highest BCUT2D eigenvalue weighted by Gasteiger charge is 2.30. The molecule has 0 radical (unpaired) electrons. The minimum absolute atomic E-state index is 0.294. The molecule has 0 spiro atoms. The molecule has 0 saturated heterocycles. The Morgan fingerprint density at radius 1 is 1.50 bits per heavy atom. The zero-order chi connectivity index (χ0) is 15.3. The summed E-state index contributed by atoms with van der Waals surface area (Å²) >= 11 is 0. The maximum Gasteiger partial charge on any atom is 0.491 e. The van der Waals surface area contributed by atoms with Gasteiger partial charge in [-0.25, -0.2) is 4.68 Å². The highest BCUT2D eigenvalue weighted by atomic mass is 16.5. The van der Waals surface area contributed by atoms with Gasteiger partial charge in [0.25, 0.3) is 5.91 Å². The molecule has 112 valence electrons. The Bertz CT molecular complexity index is 757. The Labute approximate surface area is 127 Å². The zero-order valence-corrected chi connectivity index (χ0v) is 12.1. The van der Waals surface area contributed by atoms with E-state index in [9.17, 15) is 9.82 Å². The third kappa shape index (κ3) is 2.20. The number of carbonyl (C=O) groups is 1. The van der Waals surface area contributed by atoms with E-state index in [2.05, 4.69) is 15.6 Å². The van der Waals surface area contributed by atoms with E-state index in [-0.39, 0.29) is 5.91 Å². The molecule has 4 rings (SSSR count). The number of benzene rings is 1. The number of anilines is 1. The first-order valence-corrected chi connectivity index (χ1v) is 7.29. The van der Waals surface area contributed by atoms with Crippen LogP contribution in [-0.2, 0) is 11.3 Å². The molecule has 1 amide bonds.